The lowest BCUT2D eigenvalue weighted by Gasteiger charge is -2.13. The largest absolute Gasteiger partial charge is 0.344 e. The Hall–Kier alpha value is -3.81. The van der Waals surface area contributed by atoms with Gasteiger partial charge in [-0.2, -0.15) is 4.98 Å². The van der Waals surface area contributed by atoms with E-state index in [1.165, 1.54) is 0 Å². The molecule has 150 valence electrons. The molecule has 1 aliphatic rings. The van der Waals surface area contributed by atoms with Crippen LogP contribution in [-0.2, 0) is 0 Å². The van der Waals surface area contributed by atoms with E-state index in [9.17, 15) is 4.79 Å². The smallest absolute Gasteiger partial charge is 0.271 e. The van der Waals surface area contributed by atoms with Gasteiger partial charge in [0.05, 0.1) is 6.04 Å². The maximum atomic E-state index is 12.6. The lowest BCUT2D eigenvalue weighted by Crippen LogP contribution is -2.26. The van der Waals surface area contributed by atoms with Gasteiger partial charge in [0, 0.05) is 23.9 Å². The van der Waals surface area contributed by atoms with Crippen LogP contribution >= 0.6 is 0 Å². The van der Waals surface area contributed by atoms with E-state index < -0.39 is 0 Å². The van der Waals surface area contributed by atoms with Gasteiger partial charge in [0.2, 0.25) is 0 Å². The lowest BCUT2D eigenvalue weighted by atomic mass is 10.1. The molecule has 3 aromatic heterocycles. The molecule has 1 N–H and O–H groups in total. The van der Waals surface area contributed by atoms with Crippen molar-refractivity contribution < 1.29 is 9.32 Å². The monoisotopic (exact) mass is 400 g/mol. The third-order valence-electron chi connectivity index (χ3n) is 5.10. The molecular formula is C22H20N6O2. The van der Waals surface area contributed by atoms with E-state index in [0.717, 1.165) is 29.8 Å². The maximum Gasteiger partial charge on any atom is 0.271 e. The minimum absolute atomic E-state index is 0.122. The summed E-state index contributed by atoms with van der Waals surface area (Å²) in [5.41, 5.74) is 2.13. The number of pyridine rings is 1. The SMILES string of the molecule is C[C@H](NC(=O)c1cn(-c2cc(-c3nc(C4CC4)no3)ccn2)cn1)c1ccccc1. The van der Waals surface area contributed by atoms with E-state index in [4.69, 9.17) is 4.52 Å². The van der Waals surface area contributed by atoms with E-state index in [0.29, 0.717) is 23.3 Å². The molecule has 0 bridgehead atoms. The van der Waals surface area contributed by atoms with Gasteiger partial charge in [0.25, 0.3) is 11.8 Å². The first-order valence-electron chi connectivity index (χ1n) is 9.87. The third kappa shape index (κ3) is 3.71. The molecule has 4 aromatic rings. The zero-order chi connectivity index (χ0) is 20.5. The Morgan fingerprint density at radius 1 is 1.20 bits per heavy atom. The number of imidazole rings is 1. The molecular weight excluding hydrogens is 380 g/mol. The second kappa shape index (κ2) is 7.55. The van der Waals surface area contributed by atoms with Gasteiger partial charge in [0.15, 0.2) is 5.82 Å². The normalized spacial score (nSPS) is 14.4. The van der Waals surface area contributed by atoms with Crippen molar-refractivity contribution in [3.05, 3.63) is 78.3 Å². The maximum absolute atomic E-state index is 12.6. The second-order valence-electron chi connectivity index (χ2n) is 7.41. The molecule has 1 aromatic carbocycles. The summed E-state index contributed by atoms with van der Waals surface area (Å²) in [5, 5.41) is 7.02. The van der Waals surface area contributed by atoms with Crippen molar-refractivity contribution in [1.82, 2.24) is 30.0 Å². The number of nitrogens with one attached hydrogen (secondary N) is 1. The minimum atomic E-state index is -0.243. The molecule has 1 fully saturated rings. The third-order valence-corrected chi connectivity index (χ3v) is 5.10. The molecule has 1 aliphatic carbocycles. The van der Waals surface area contributed by atoms with Crippen LogP contribution in [0.1, 0.15) is 53.6 Å². The number of amides is 1. The number of hydrogen-bond acceptors (Lipinski definition) is 6. The van der Waals surface area contributed by atoms with E-state index >= 15 is 0 Å². The number of hydrogen-bond donors (Lipinski definition) is 1. The van der Waals surface area contributed by atoms with E-state index in [2.05, 4.69) is 25.4 Å². The Morgan fingerprint density at radius 2 is 2.03 bits per heavy atom. The number of nitrogens with zero attached hydrogens (tertiary/aromatic N) is 5. The molecule has 0 aliphatic heterocycles. The van der Waals surface area contributed by atoms with Gasteiger partial charge in [-0.15, -0.1) is 0 Å². The molecule has 3 heterocycles. The van der Waals surface area contributed by atoms with Crippen LogP contribution in [0, 0.1) is 0 Å². The van der Waals surface area contributed by atoms with Crippen molar-refractivity contribution in [2.45, 2.75) is 31.7 Å². The predicted octanol–water partition coefficient (Wildman–Crippen LogP) is 3.69. The molecule has 0 saturated heterocycles. The van der Waals surface area contributed by atoms with Crippen molar-refractivity contribution in [2.75, 3.05) is 0 Å². The van der Waals surface area contributed by atoms with Gasteiger partial charge in [-0.1, -0.05) is 35.5 Å². The number of benzene rings is 1. The standard InChI is InChI=1S/C22H20N6O2/c1-14(15-5-3-2-4-6-15)25-21(29)18-12-28(13-24-18)19-11-17(9-10-23-19)22-26-20(27-30-22)16-7-8-16/h2-6,9-14,16H,7-8H2,1H3,(H,25,29)/t14-/m0/s1. The van der Waals surface area contributed by atoms with Crippen LogP contribution in [0.4, 0.5) is 0 Å². The summed E-state index contributed by atoms with van der Waals surface area (Å²) in [6.07, 6.45) is 7.12. The van der Waals surface area contributed by atoms with Crippen molar-refractivity contribution in [3.8, 4) is 17.3 Å². The van der Waals surface area contributed by atoms with Crippen molar-refractivity contribution in [2.24, 2.45) is 0 Å². The number of aromatic nitrogens is 5. The molecule has 5 rings (SSSR count). The predicted molar refractivity (Wildman–Crippen MR) is 109 cm³/mol. The quantitative estimate of drug-likeness (QED) is 0.530. The lowest BCUT2D eigenvalue weighted by molar-refractivity contribution is 0.0935. The molecule has 0 radical (unpaired) electrons. The van der Waals surface area contributed by atoms with Crippen molar-refractivity contribution in [1.29, 1.82) is 0 Å². The van der Waals surface area contributed by atoms with Gasteiger partial charge < -0.3 is 9.84 Å². The van der Waals surface area contributed by atoms with Gasteiger partial charge in [-0.3, -0.25) is 9.36 Å². The Morgan fingerprint density at radius 3 is 2.83 bits per heavy atom. The number of carbonyl (C=O) groups excluding carboxylic acids is 1. The highest BCUT2D eigenvalue weighted by molar-refractivity contribution is 5.92. The molecule has 8 nitrogen and oxygen atoms in total. The van der Waals surface area contributed by atoms with Gasteiger partial charge in [0.1, 0.15) is 17.8 Å². The Kier molecular flexibility index (Phi) is 4.59. The first kappa shape index (κ1) is 18.2. The molecule has 1 saturated carbocycles. The summed E-state index contributed by atoms with van der Waals surface area (Å²) in [6, 6.07) is 13.3. The van der Waals surface area contributed by atoms with Gasteiger partial charge in [-0.05, 0) is 37.5 Å². The van der Waals surface area contributed by atoms with Crippen LogP contribution in [0.3, 0.4) is 0 Å². The Bertz CT molecular complexity index is 1180. The van der Waals surface area contributed by atoms with Crippen molar-refractivity contribution in [3.63, 3.8) is 0 Å². The van der Waals surface area contributed by atoms with Crippen LogP contribution in [0.2, 0.25) is 0 Å². The molecule has 1 amide bonds. The van der Waals surface area contributed by atoms with Crippen LogP contribution in [0.15, 0.2) is 65.7 Å². The highest BCUT2D eigenvalue weighted by Gasteiger charge is 2.29. The average Bonchev–Trinajstić information content (AvgIpc) is 3.30. The molecule has 1 atom stereocenters. The van der Waals surface area contributed by atoms with Crippen LogP contribution in [0.25, 0.3) is 17.3 Å². The average molecular weight is 400 g/mol. The highest BCUT2D eigenvalue weighted by Crippen LogP contribution is 2.38. The molecule has 8 heteroatoms. The number of carbonyl (C=O) groups is 1. The topological polar surface area (TPSA) is 98.7 Å². The minimum Gasteiger partial charge on any atom is -0.344 e. The van der Waals surface area contributed by atoms with Crippen LogP contribution < -0.4 is 5.32 Å². The molecule has 0 unspecified atom stereocenters. The van der Waals surface area contributed by atoms with E-state index in [-0.39, 0.29) is 11.9 Å². The first-order valence-corrected chi connectivity index (χ1v) is 9.87. The van der Waals surface area contributed by atoms with E-state index in [1.54, 1.807) is 23.3 Å². The Balaban J connectivity index is 1.33. The van der Waals surface area contributed by atoms with Crippen LogP contribution in [0.5, 0.6) is 0 Å². The van der Waals surface area contributed by atoms with E-state index in [1.807, 2.05) is 49.4 Å². The zero-order valence-corrected chi connectivity index (χ0v) is 16.4. The van der Waals surface area contributed by atoms with Crippen molar-refractivity contribution >= 4 is 5.91 Å². The summed E-state index contributed by atoms with van der Waals surface area (Å²) < 4.78 is 7.09. The van der Waals surface area contributed by atoms with Gasteiger partial charge >= 0.3 is 0 Å². The molecule has 0 spiro atoms. The zero-order valence-electron chi connectivity index (χ0n) is 16.4. The van der Waals surface area contributed by atoms with Gasteiger partial charge in [-0.25, -0.2) is 9.97 Å². The highest BCUT2D eigenvalue weighted by atomic mass is 16.5. The second-order valence-corrected chi connectivity index (χ2v) is 7.41. The fourth-order valence-corrected chi connectivity index (χ4v) is 3.21. The summed E-state index contributed by atoms with van der Waals surface area (Å²) in [6.45, 7) is 1.94. The Labute approximate surface area is 173 Å². The molecule has 30 heavy (non-hydrogen) atoms. The number of rotatable bonds is 6. The summed E-state index contributed by atoms with van der Waals surface area (Å²) >= 11 is 0. The van der Waals surface area contributed by atoms with Crippen LogP contribution in [-0.4, -0.2) is 30.6 Å². The summed E-state index contributed by atoms with van der Waals surface area (Å²) in [5.74, 6) is 2.03. The fourth-order valence-electron chi connectivity index (χ4n) is 3.21. The fraction of sp³-hybridized carbons (Fsp3) is 0.227. The summed E-state index contributed by atoms with van der Waals surface area (Å²) in [7, 11) is 0. The first-order chi connectivity index (χ1) is 14.7. The summed E-state index contributed by atoms with van der Waals surface area (Å²) in [4.78, 5) is 25.7.